The minimum atomic E-state index is -1.06. The molecule has 3 aromatic rings. The van der Waals surface area contributed by atoms with E-state index in [-0.39, 0.29) is 44.9 Å². The average molecular weight is 451 g/mol. The van der Waals surface area contributed by atoms with Gasteiger partial charge in [0.15, 0.2) is 0 Å². The van der Waals surface area contributed by atoms with Gasteiger partial charge in [-0.15, -0.1) is 0 Å². The molecule has 0 heterocycles. The zero-order valence-corrected chi connectivity index (χ0v) is 18.1. The molecule has 0 aromatic heterocycles. The van der Waals surface area contributed by atoms with Crippen LogP contribution < -0.4 is 4.74 Å². The Hall–Kier alpha value is -2.50. The average Bonchev–Trinajstić information content (AvgIpc) is 2.70. The Morgan fingerprint density at radius 2 is 1.64 bits per heavy atom. The Balaban J connectivity index is 0.00000280. The van der Waals surface area contributed by atoms with Crippen LogP contribution in [0.5, 0.6) is 5.75 Å². The van der Waals surface area contributed by atoms with Gasteiger partial charge >= 0.3 is 11.9 Å². The van der Waals surface area contributed by atoms with E-state index < -0.39 is 11.9 Å². The molecule has 0 bridgehead atoms. The maximum absolute atomic E-state index is 11.6. The van der Waals surface area contributed by atoms with Gasteiger partial charge < -0.3 is 14.6 Å². The molecule has 0 aliphatic heterocycles. The number of hydrogen-bond donors (Lipinski definition) is 1. The molecule has 5 nitrogen and oxygen atoms in total. The summed E-state index contributed by atoms with van der Waals surface area (Å²) in [4.78, 5) is 23.1. The summed E-state index contributed by atoms with van der Waals surface area (Å²) in [5, 5.41) is 11.4. The molecule has 28 heavy (non-hydrogen) atoms. The molecule has 1 radical (unpaired) electrons. The van der Waals surface area contributed by atoms with E-state index in [9.17, 15) is 14.7 Å². The SMILES string of the molecule is COC(=O)c1ccc(/C=C(\COc2cccc3ccccc23)C(=O)O)cc1.[Y]. The second-order valence-electron chi connectivity index (χ2n) is 5.85. The summed E-state index contributed by atoms with van der Waals surface area (Å²) in [5.74, 6) is -0.878. The van der Waals surface area contributed by atoms with Crippen molar-refractivity contribution < 1.29 is 56.9 Å². The van der Waals surface area contributed by atoms with Gasteiger partial charge in [-0.25, -0.2) is 9.59 Å². The van der Waals surface area contributed by atoms with Gasteiger partial charge in [-0.1, -0.05) is 48.5 Å². The number of esters is 1. The molecule has 139 valence electrons. The molecule has 3 aromatic carbocycles. The van der Waals surface area contributed by atoms with Crippen LogP contribution in [0.25, 0.3) is 16.8 Å². The second-order valence-corrected chi connectivity index (χ2v) is 5.85. The summed E-state index contributed by atoms with van der Waals surface area (Å²) in [7, 11) is 1.31. The largest absolute Gasteiger partial charge is 0.488 e. The zero-order chi connectivity index (χ0) is 19.2. The fraction of sp³-hybridized carbons (Fsp3) is 0.0909. The molecule has 0 aliphatic rings. The molecule has 6 heteroatoms. The van der Waals surface area contributed by atoms with Gasteiger partial charge in [-0.3, -0.25) is 0 Å². The van der Waals surface area contributed by atoms with Crippen molar-refractivity contribution in [3.05, 3.63) is 83.4 Å². The molecule has 0 unspecified atom stereocenters. The third-order valence-corrected chi connectivity index (χ3v) is 4.08. The first-order valence-electron chi connectivity index (χ1n) is 8.31. The molecule has 3 rings (SSSR count). The van der Waals surface area contributed by atoms with Crippen LogP contribution in [0, 0.1) is 0 Å². The van der Waals surface area contributed by atoms with Crippen molar-refractivity contribution in [3.63, 3.8) is 0 Å². The number of hydrogen-bond acceptors (Lipinski definition) is 4. The van der Waals surface area contributed by atoms with Gasteiger partial charge in [0.2, 0.25) is 0 Å². The van der Waals surface area contributed by atoms with Crippen molar-refractivity contribution in [2.24, 2.45) is 0 Å². The Morgan fingerprint density at radius 3 is 2.32 bits per heavy atom. The summed E-state index contributed by atoms with van der Waals surface area (Å²) in [6.07, 6.45) is 1.52. The molecule has 0 fully saturated rings. The summed E-state index contributed by atoms with van der Waals surface area (Å²) in [6.45, 7) is -0.0813. The van der Waals surface area contributed by atoms with Crippen molar-refractivity contribution in [1.82, 2.24) is 0 Å². The van der Waals surface area contributed by atoms with E-state index in [2.05, 4.69) is 4.74 Å². The molecule has 0 aliphatic carbocycles. The van der Waals surface area contributed by atoms with Crippen molar-refractivity contribution >= 4 is 28.8 Å². The van der Waals surface area contributed by atoms with Crippen molar-refractivity contribution in [1.29, 1.82) is 0 Å². The van der Waals surface area contributed by atoms with Gasteiger partial charge in [0, 0.05) is 38.1 Å². The predicted octanol–water partition coefficient (Wildman–Crippen LogP) is 4.17. The quantitative estimate of drug-likeness (QED) is 0.450. The number of ether oxygens (including phenoxy) is 2. The van der Waals surface area contributed by atoms with Gasteiger partial charge in [-0.2, -0.15) is 0 Å². The van der Waals surface area contributed by atoms with Gasteiger partial charge in [-0.05, 0) is 35.2 Å². The molecule has 1 N–H and O–H groups in total. The molecule has 0 atom stereocenters. The van der Waals surface area contributed by atoms with Crippen LogP contribution in [0.4, 0.5) is 0 Å². The van der Waals surface area contributed by atoms with Crippen LogP contribution >= 0.6 is 0 Å². The first kappa shape index (κ1) is 21.8. The Kier molecular flexibility index (Phi) is 7.91. The smallest absolute Gasteiger partial charge is 0.337 e. The molecule has 0 spiro atoms. The number of carboxylic acids is 1. The summed E-state index contributed by atoms with van der Waals surface area (Å²) in [5.41, 5.74) is 1.16. The van der Waals surface area contributed by atoms with Crippen LogP contribution in [-0.2, 0) is 42.2 Å². The third kappa shape index (κ3) is 5.27. The molecular formula is C22H18O5Y. The van der Waals surface area contributed by atoms with E-state index >= 15 is 0 Å². The predicted molar refractivity (Wildman–Crippen MR) is 103 cm³/mol. The number of carbonyl (C=O) groups is 2. The number of benzene rings is 3. The van der Waals surface area contributed by atoms with Gasteiger partial charge in [0.25, 0.3) is 0 Å². The standard InChI is InChI=1S/C22H18O5.Y/c1-26-22(25)17-11-9-15(10-12-17)13-18(21(23)24)14-27-20-8-4-6-16-5-2-3-7-19(16)20;/h2-13H,14H2,1H3,(H,23,24);/b18-13+;. The fourth-order valence-corrected chi connectivity index (χ4v) is 2.68. The number of aliphatic carboxylic acids is 1. The summed E-state index contributed by atoms with van der Waals surface area (Å²) in [6, 6.07) is 19.9. The van der Waals surface area contributed by atoms with Crippen LogP contribution in [0.15, 0.2) is 72.3 Å². The van der Waals surface area contributed by atoms with Crippen LogP contribution in [0.1, 0.15) is 15.9 Å². The molecule has 0 saturated carbocycles. The van der Waals surface area contributed by atoms with Crippen molar-refractivity contribution in [2.45, 2.75) is 0 Å². The molecular weight excluding hydrogens is 433 g/mol. The van der Waals surface area contributed by atoms with E-state index in [1.54, 1.807) is 24.3 Å². The Labute approximate surface area is 187 Å². The number of carbonyl (C=O) groups excluding carboxylic acids is 1. The van der Waals surface area contributed by atoms with E-state index in [0.29, 0.717) is 16.9 Å². The van der Waals surface area contributed by atoms with Crippen LogP contribution in [-0.4, -0.2) is 30.8 Å². The minimum Gasteiger partial charge on any atom is -0.488 e. The number of rotatable bonds is 6. The van der Waals surface area contributed by atoms with E-state index in [1.807, 2.05) is 42.5 Å². The fourth-order valence-electron chi connectivity index (χ4n) is 2.68. The third-order valence-electron chi connectivity index (χ3n) is 4.08. The first-order chi connectivity index (χ1) is 13.1. The topological polar surface area (TPSA) is 72.8 Å². The maximum atomic E-state index is 11.6. The van der Waals surface area contributed by atoms with Gasteiger partial charge in [0.05, 0.1) is 18.2 Å². The van der Waals surface area contributed by atoms with Crippen LogP contribution in [0.3, 0.4) is 0 Å². The molecule has 0 saturated heterocycles. The number of fused-ring (bicyclic) bond motifs is 1. The monoisotopic (exact) mass is 451 g/mol. The minimum absolute atomic E-state index is 0. The van der Waals surface area contributed by atoms with E-state index in [1.165, 1.54) is 13.2 Å². The Bertz CT molecular complexity index is 1000. The maximum Gasteiger partial charge on any atom is 0.337 e. The van der Waals surface area contributed by atoms with Crippen molar-refractivity contribution in [3.8, 4) is 5.75 Å². The normalized spacial score (nSPS) is 10.8. The van der Waals surface area contributed by atoms with Crippen LogP contribution in [0.2, 0.25) is 0 Å². The molecule has 0 amide bonds. The Morgan fingerprint density at radius 1 is 0.964 bits per heavy atom. The van der Waals surface area contributed by atoms with Gasteiger partial charge in [0.1, 0.15) is 12.4 Å². The zero-order valence-electron chi connectivity index (χ0n) is 15.3. The number of carboxylic acid groups (broad SMARTS) is 1. The first-order valence-corrected chi connectivity index (χ1v) is 8.31. The summed E-state index contributed by atoms with van der Waals surface area (Å²) >= 11 is 0. The summed E-state index contributed by atoms with van der Waals surface area (Å²) < 4.78 is 10.4. The second kappa shape index (κ2) is 10.2. The van der Waals surface area contributed by atoms with E-state index in [0.717, 1.165) is 10.8 Å². The van der Waals surface area contributed by atoms with Crippen molar-refractivity contribution in [2.75, 3.05) is 13.7 Å². The number of methoxy groups -OCH3 is 1. The van der Waals surface area contributed by atoms with E-state index in [4.69, 9.17) is 4.74 Å².